The highest BCUT2D eigenvalue weighted by Crippen LogP contribution is 2.30. The van der Waals surface area contributed by atoms with E-state index in [1.807, 2.05) is 18.2 Å². The molecule has 0 aromatic heterocycles. The molecular weight excluding hydrogens is 230 g/mol. The summed E-state index contributed by atoms with van der Waals surface area (Å²) < 4.78 is 16.0. The Bertz CT molecular complexity index is 373. The van der Waals surface area contributed by atoms with Crippen LogP contribution in [0.1, 0.15) is 19.3 Å². The van der Waals surface area contributed by atoms with Crippen LogP contribution in [0.3, 0.4) is 0 Å². The Labute approximate surface area is 108 Å². The van der Waals surface area contributed by atoms with Crippen molar-refractivity contribution in [3.8, 4) is 11.5 Å². The van der Waals surface area contributed by atoms with Crippen LogP contribution in [0.15, 0.2) is 18.2 Å². The monoisotopic (exact) mass is 251 g/mol. The molecule has 0 amide bonds. The lowest BCUT2D eigenvalue weighted by Crippen LogP contribution is -2.19. The fraction of sp³-hybridized carbons (Fsp3) is 0.571. The number of anilines is 1. The summed E-state index contributed by atoms with van der Waals surface area (Å²) in [6.07, 6.45) is 3.31. The predicted molar refractivity (Wildman–Crippen MR) is 71.6 cm³/mol. The first kappa shape index (κ1) is 13.0. The fourth-order valence-corrected chi connectivity index (χ4v) is 2.21. The van der Waals surface area contributed by atoms with Crippen LogP contribution in [0.4, 0.5) is 5.69 Å². The Balaban J connectivity index is 2.03. The zero-order valence-electron chi connectivity index (χ0n) is 11.1. The van der Waals surface area contributed by atoms with Crippen LogP contribution in [0.2, 0.25) is 0 Å². The van der Waals surface area contributed by atoms with Gasteiger partial charge in [-0.1, -0.05) is 0 Å². The average Bonchev–Trinajstić information content (AvgIpc) is 2.67. The van der Waals surface area contributed by atoms with Crippen molar-refractivity contribution in [3.63, 3.8) is 0 Å². The second-order valence-corrected chi connectivity index (χ2v) is 4.45. The van der Waals surface area contributed by atoms with Crippen LogP contribution in [-0.2, 0) is 4.74 Å². The summed E-state index contributed by atoms with van der Waals surface area (Å²) in [5.74, 6) is 1.51. The van der Waals surface area contributed by atoms with E-state index in [1.165, 1.54) is 0 Å². The summed E-state index contributed by atoms with van der Waals surface area (Å²) >= 11 is 0. The standard InChI is InChI=1S/C14H21NO3/c1-16-13-6-5-12(10-14(13)17-2)15-11-4-3-8-18-9-7-11/h5-6,10-11,15H,3-4,7-9H2,1-2H3. The van der Waals surface area contributed by atoms with Crippen LogP contribution < -0.4 is 14.8 Å². The van der Waals surface area contributed by atoms with Gasteiger partial charge in [0.25, 0.3) is 0 Å². The molecule has 2 rings (SSSR count). The van der Waals surface area contributed by atoms with Gasteiger partial charge in [0.05, 0.1) is 14.2 Å². The number of hydrogen-bond acceptors (Lipinski definition) is 4. The number of benzene rings is 1. The first-order valence-electron chi connectivity index (χ1n) is 6.40. The Morgan fingerprint density at radius 3 is 2.72 bits per heavy atom. The smallest absolute Gasteiger partial charge is 0.162 e. The molecule has 1 heterocycles. The van der Waals surface area contributed by atoms with Crippen LogP contribution in [0.25, 0.3) is 0 Å². The van der Waals surface area contributed by atoms with Crippen molar-refractivity contribution in [3.05, 3.63) is 18.2 Å². The van der Waals surface area contributed by atoms with Gasteiger partial charge >= 0.3 is 0 Å². The zero-order valence-corrected chi connectivity index (χ0v) is 11.1. The molecule has 1 aromatic rings. The highest BCUT2D eigenvalue weighted by atomic mass is 16.5. The average molecular weight is 251 g/mol. The van der Waals surface area contributed by atoms with E-state index in [1.54, 1.807) is 14.2 Å². The maximum Gasteiger partial charge on any atom is 0.162 e. The summed E-state index contributed by atoms with van der Waals surface area (Å²) in [4.78, 5) is 0. The number of rotatable bonds is 4. The predicted octanol–water partition coefficient (Wildman–Crippen LogP) is 2.68. The van der Waals surface area contributed by atoms with Crippen molar-refractivity contribution in [2.24, 2.45) is 0 Å². The lowest BCUT2D eigenvalue weighted by molar-refractivity contribution is 0.144. The summed E-state index contributed by atoms with van der Waals surface area (Å²) in [7, 11) is 3.30. The van der Waals surface area contributed by atoms with Crippen LogP contribution in [0.5, 0.6) is 11.5 Å². The molecule has 4 heteroatoms. The van der Waals surface area contributed by atoms with Gasteiger partial charge in [0.2, 0.25) is 0 Å². The first-order valence-corrected chi connectivity index (χ1v) is 6.40. The van der Waals surface area contributed by atoms with Gasteiger partial charge in [-0.3, -0.25) is 0 Å². The molecule has 0 radical (unpaired) electrons. The van der Waals surface area contributed by atoms with Crippen molar-refractivity contribution in [2.45, 2.75) is 25.3 Å². The highest BCUT2D eigenvalue weighted by molar-refractivity contribution is 5.55. The van der Waals surface area contributed by atoms with Crippen LogP contribution in [-0.4, -0.2) is 33.5 Å². The molecule has 1 aromatic carbocycles. The summed E-state index contributed by atoms with van der Waals surface area (Å²) in [6.45, 7) is 1.72. The molecule has 0 bridgehead atoms. The largest absolute Gasteiger partial charge is 0.493 e. The lowest BCUT2D eigenvalue weighted by atomic mass is 10.1. The van der Waals surface area contributed by atoms with E-state index in [0.717, 1.165) is 49.7 Å². The number of methoxy groups -OCH3 is 2. The molecule has 1 atom stereocenters. The maximum absolute atomic E-state index is 5.46. The van der Waals surface area contributed by atoms with E-state index < -0.39 is 0 Å². The number of ether oxygens (including phenoxy) is 3. The van der Waals surface area contributed by atoms with Crippen molar-refractivity contribution in [2.75, 3.05) is 32.8 Å². The number of hydrogen-bond donors (Lipinski definition) is 1. The van der Waals surface area contributed by atoms with Gasteiger partial charge in [-0.25, -0.2) is 0 Å². The zero-order chi connectivity index (χ0) is 12.8. The summed E-state index contributed by atoms with van der Waals surface area (Å²) in [5, 5.41) is 3.53. The fourth-order valence-electron chi connectivity index (χ4n) is 2.21. The van der Waals surface area contributed by atoms with E-state index in [4.69, 9.17) is 14.2 Å². The van der Waals surface area contributed by atoms with Gasteiger partial charge in [0, 0.05) is 31.0 Å². The molecule has 1 unspecified atom stereocenters. The quantitative estimate of drug-likeness (QED) is 0.893. The molecule has 1 saturated heterocycles. The molecule has 18 heavy (non-hydrogen) atoms. The van der Waals surface area contributed by atoms with Crippen molar-refractivity contribution < 1.29 is 14.2 Å². The van der Waals surface area contributed by atoms with Gasteiger partial charge in [-0.15, -0.1) is 0 Å². The first-order chi connectivity index (χ1) is 8.83. The third kappa shape index (κ3) is 3.29. The second kappa shape index (κ2) is 6.50. The van der Waals surface area contributed by atoms with Crippen molar-refractivity contribution >= 4 is 5.69 Å². The number of nitrogens with one attached hydrogen (secondary N) is 1. The second-order valence-electron chi connectivity index (χ2n) is 4.45. The Morgan fingerprint density at radius 1 is 1.11 bits per heavy atom. The Hall–Kier alpha value is -1.42. The molecule has 100 valence electrons. The van der Waals surface area contributed by atoms with Crippen LogP contribution >= 0.6 is 0 Å². The molecule has 4 nitrogen and oxygen atoms in total. The topological polar surface area (TPSA) is 39.7 Å². The van der Waals surface area contributed by atoms with Crippen molar-refractivity contribution in [1.29, 1.82) is 0 Å². The van der Waals surface area contributed by atoms with Crippen molar-refractivity contribution in [1.82, 2.24) is 0 Å². The molecule has 1 N–H and O–H groups in total. The molecule has 0 aliphatic carbocycles. The van der Waals surface area contributed by atoms with Gasteiger partial charge in [0.1, 0.15) is 0 Å². The minimum Gasteiger partial charge on any atom is -0.493 e. The Morgan fingerprint density at radius 2 is 1.94 bits per heavy atom. The molecule has 1 aliphatic heterocycles. The SMILES string of the molecule is COc1ccc(NC2CCCOCC2)cc1OC. The van der Waals surface area contributed by atoms with E-state index in [2.05, 4.69) is 5.32 Å². The molecular formula is C14H21NO3. The highest BCUT2D eigenvalue weighted by Gasteiger charge is 2.13. The van der Waals surface area contributed by atoms with Gasteiger partial charge in [-0.2, -0.15) is 0 Å². The minimum absolute atomic E-state index is 0.477. The van der Waals surface area contributed by atoms with Gasteiger partial charge in [0.15, 0.2) is 11.5 Å². The summed E-state index contributed by atoms with van der Waals surface area (Å²) in [6, 6.07) is 6.40. The molecule has 1 aliphatic rings. The van der Waals surface area contributed by atoms with Gasteiger partial charge in [-0.05, 0) is 31.4 Å². The lowest BCUT2D eigenvalue weighted by Gasteiger charge is -2.18. The minimum atomic E-state index is 0.477. The third-order valence-corrected chi connectivity index (χ3v) is 3.21. The van der Waals surface area contributed by atoms with E-state index in [0.29, 0.717) is 6.04 Å². The third-order valence-electron chi connectivity index (χ3n) is 3.21. The normalized spacial score (nSPS) is 20.0. The maximum atomic E-state index is 5.46. The van der Waals surface area contributed by atoms with E-state index in [9.17, 15) is 0 Å². The Kier molecular flexibility index (Phi) is 4.70. The summed E-state index contributed by atoms with van der Waals surface area (Å²) in [5.41, 5.74) is 1.07. The molecule has 1 fully saturated rings. The van der Waals surface area contributed by atoms with Gasteiger partial charge < -0.3 is 19.5 Å². The van der Waals surface area contributed by atoms with Crippen LogP contribution in [0, 0.1) is 0 Å². The van der Waals surface area contributed by atoms with E-state index >= 15 is 0 Å². The molecule has 0 spiro atoms. The molecule has 0 saturated carbocycles. The van der Waals surface area contributed by atoms with E-state index in [-0.39, 0.29) is 0 Å².